The first-order valence-corrected chi connectivity index (χ1v) is 6.66. The van der Waals surface area contributed by atoms with Crippen LogP contribution in [0.1, 0.15) is 1.43 Å². The van der Waals surface area contributed by atoms with Crippen LogP contribution in [-0.2, 0) is 14.7 Å². The predicted octanol–water partition coefficient (Wildman–Crippen LogP) is -0.876. The monoisotopic (exact) mass is 334 g/mol. The second kappa shape index (κ2) is 8.68. The molecule has 2 rings (SSSR count). The molecule has 12 heteroatoms. The SMILES string of the molecule is O=NOS.O=S(=O)(O)Oc1nc2ccccc2s1.[H-].[Na+]. The summed E-state index contributed by atoms with van der Waals surface area (Å²) in [7, 11) is -4.48. The molecule has 2 aromatic rings. The van der Waals surface area contributed by atoms with Crippen molar-refractivity contribution < 1.29 is 52.4 Å². The van der Waals surface area contributed by atoms with Crippen LogP contribution in [0.5, 0.6) is 5.19 Å². The molecule has 8 nitrogen and oxygen atoms in total. The van der Waals surface area contributed by atoms with Crippen LogP contribution in [0.15, 0.2) is 29.6 Å². The van der Waals surface area contributed by atoms with E-state index in [1.165, 1.54) is 0 Å². The minimum atomic E-state index is -4.48. The van der Waals surface area contributed by atoms with Crippen molar-refractivity contribution in [3.8, 4) is 5.19 Å². The third-order valence-corrected chi connectivity index (χ3v) is 2.94. The van der Waals surface area contributed by atoms with Gasteiger partial charge in [0.2, 0.25) is 0 Å². The maximum atomic E-state index is 10.4. The second-order valence-corrected chi connectivity index (χ2v) is 4.79. The molecule has 0 unspecified atom stereocenters. The predicted molar refractivity (Wildman–Crippen MR) is 68.8 cm³/mol. The summed E-state index contributed by atoms with van der Waals surface area (Å²) >= 11 is 3.99. The number of aromatic nitrogens is 1. The first kappa shape index (κ1) is 18.6. The zero-order valence-corrected chi connectivity index (χ0v) is 14.0. The van der Waals surface area contributed by atoms with Crippen LogP contribution < -0.4 is 33.7 Å². The molecule has 0 aliphatic rings. The Bertz CT molecular complexity index is 603. The Hall–Kier alpha value is -0.430. The number of thiazole rings is 1. The molecular formula is C7H7N2NaO6S3. The molecule has 0 aliphatic carbocycles. The summed E-state index contributed by atoms with van der Waals surface area (Å²) in [5, 5.41) is 1.76. The van der Waals surface area contributed by atoms with Gasteiger partial charge in [-0.25, -0.2) is 4.98 Å². The number of hydrogen-bond acceptors (Lipinski definition) is 9. The number of benzene rings is 1. The van der Waals surface area contributed by atoms with E-state index >= 15 is 0 Å². The molecule has 0 fully saturated rings. The van der Waals surface area contributed by atoms with Crippen molar-refractivity contribution in [1.29, 1.82) is 0 Å². The van der Waals surface area contributed by atoms with Crippen molar-refractivity contribution in [1.82, 2.24) is 4.98 Å². The van der Waals surface area contributed by atoms with E-state index in [2.05, 4.69) is 26.4 Å². The van der Waals surface area contributed by atoms with Crippen molar-refractivity contribution in [3.63, 3.8) is 0 Å². The molecule has 0 saturated heterocycles. The van der Waals surface area contributed by atoms with Crippen LogP contribution in [0.3, 0.4) is 0 Å². The quantitative estimate of drug-likeness (QED) is 0.187. The van der Waals surface area contributed by atoms with E-state index in [1.54, 1.807) is 24.3 Å². The summed E-state index contributed by atoms with van der Waals surface area (Å²) in [6.45, 7) is 0. The smallest absolute Gasteiger partial charge is 1.00 e. The molecule has 0 aliphatic heterocycles. The summed E-state index contributed by atoms with van der Waals surface area (Å²) < 4.78 is 37.5. The summed E-state index contributed by atoms with van der Waals surface area (Å²) in [6.07, 6.45) is 0. The first-order valence-electron chi connectivity index (χ1n) is 4.12. The Morgan fingerprint density at radius 2 is 2.00 bits per heavy atom. The van der Waals surface area contributed by atoms with Gasteiger partial charge in [-0.3, -0.25) is 8.84 Å². The fourth-order valence-electron chi connectivity index (χ4n) is 0.977. The molecule has 1 N–H and O–H groups in total. The van der Waals surface area contributed by atoms with Crippen molar-refractivity contribution in [2.45, 2.75) is 0 Å². The van der Waals surface area contributed by atoms with E-state index in [0.717, 1.165) is 16.0 Å². The summed E-state index contributed by atoms with van der Waals surface area (Å²) in [6, 6.07) is 7.09. The number of hydrogen-bond donors (Lipinski definition) is 2. The molecule has 1 aromatic heterocycles. The standard InChI is InChI=1S/C7H5NO4S2.HNO2S.Na.H/c9-14(10,11)12-7-8-5-3-1-2-4-6(5)13-7;2-1-3-4;;/h1-4H,(H,9,10,11);4H;;/q;;+1;-1. The van der Waals surface area contributed by atoms with E-state index in [0.29, 0.717) is 5.52 Å². The van der Waals surface area contributed by atoms with Crippen molar-refractivity contribution in [2.75, 3.05) is 0 Å². The van der Waals surface area contributed by atoms with E-state index in [9.17, 15) is 8.42 Å². The Kier molecular flexibility index (Phi) is 8.49. The van der Waals surface area contributed by atoms with Gasteiger partial charge in [-0.2, -0.15) is 8.42 Å². The Labute approximate surface area is 141 Å². The molecule has 0 saturated carbocycles. The zero-order chi connectivity index (χ0) is 13.6. The molecule has 0 spiro atoms. The fraction of sp³-hybridized carbons (Fsp3) is 0. The first-order chi connectivity index (χ1) is 8.46. The van der Waals surface area contributed by atoms with Gasteiger partial charge in [0, 0.05) is 0 Å². The molecular weight excluding hydrogens is 327 g/mol. The Morgan fingerprint density at radius 1 is 1.42 bits per heavy atom. The summed E-state index contributed by atoms with van der Waals surface area (Å²) in [5.74, 6) is 0. The maximum Gasteiger partial charge on any atom is 1.00 e. The minimum Gasteiger partial charge on any atom is -1.00 e. The molecule has 0 atom stereocenters. The van der Waals surface area contributed by atoms with Gasteiger partial charge in [-0.05, 0) is 12.1 Å². The van der Waals surface area contributed by atoms with Gasteiger partial charge in [0.1, 0.15) is 0 Å². The zero-order valence-electron chi connectivity index (χ0n) is 10.5. The third kappa shape index (κ3) is 7.06. The topological polar surface area (TPSA) is 115 Å². The average Bonchev–Trinajstić information content (AvgIpc) is 2.68. The summed E-state index contributed by atoms with van der Waals surface area (Å²) in [5.41, 5.74) is 0.635. The fourth-order valence-corrected chi connectivity index (χ4v) is 2.29. The molecule has 1 aromatic carbocycles. The average molecular weight is 334 g/mol. The maximum absolute atomic E-state index is 10.4. The van der Waals surface area contributed by atoms with Gasteiger partial charge in [0.25, 0.3) is 5.19 Å². The van der Waals surface area contributed by atoms with Gasteiger partial charge in [0.15, 0.2) is 5.34 Å². The number of thiol groups is 1. The van der Waals surface area contributed by atoms with E-state index in [-0.39, 0.29) is 36.2 Å². The Balaban J connectivity index is 0. The van der Waals surface area contributed by atoms with Crippen molar-refractivity contribution >= 4 is 44.9 Å². The number of fused-ring (bicyclic) bond motifs is 1. The van der Waals surface area contributed by atoms with Gasteiger partial charge in [0.05, 0.1) is 23.1 Å². The van der Waals surface area contributed by atoms with Crippen LogP contribution in [-0.4, -0.2) is 18.0 Å². The molecule has 1 heterocycles. The van der Waals surface area contributed by atoms with Crippen LogP contribution in [0, 0.1) is 4.91 Å². The van der Waals surface area contributed by atoms with Gasteiger partial charge in [-0.15, -0.1) is 4.91 Å². The van der Waals surface area contributed by atoms with E-state index < -0.39 is 10.4 Å². The van der Waals surface area contributed by atoms with E-state index in [4.69, 9.17) is 9.46 Å². The largest absolute Gasteiger partial charge is 1.00 e. The van der Waals surface area contributed by atoms with Crippen LogP contribution in [0.2, 0.25) is 0 Å². The third-order valence-electron chi connectivity index (χ3n) is 1.48. The van der Waals surface area contributed by atoms with E-state index in [1.807, 2.05) is 5.34 Å². The van der Waals surface area contributed by atoms with Crippen molar-refractivity contribution in [2.24, 2.45) is 5.34 Å². The minimum absolute atomic E-state index is 0. The normalized spacial score (nSPS) is 9.79. The van der Waals surface area contributed by atoms with Crippen LogP contribution in [0.25, 0.3) is 10.2 Å². The van der Waals surface area contributed by atoms with Gasteiger partial charge in [-0.1, -0.05) is 23.5 Å². The van der Waals surface area contributed by atoms with Gasteiger partial charge >= 0.3 is 40.0 Å². The molecule has 0 radical (unpaired) electrons. The van der Waals surface area contributed by atoms with Gasteiger partial charge < -0.3 is 5.61 Å². The number of para-hydroxylation sites is 1. The summed E-state index contributed by atoms with van der Waals surface area (Å²) in [4.78, 5) is 12.5. The molecule has 19 heavy (non-hydrogen) atoms. The van der Waals surface area contributed by atoms with Crippen molar-refractivity contribution in [3.05, 3.63) is 29.2 Å². The Morgan fingerprint density at radius 3 is 2.47 bits per heavy atom. The second-order valence-electron chi connectivity index (χ2n) is 2.61. The molecule has 0 bridgehead atoms. The van der Waals surface area contributed by atoms with Crippen LogP contribution >= 0.6 is 24.2 Å². The van der Waals surface area contributed by atoms with Crippen LogP contribution in [0.4, 0.5) is 0 Å². The number of nitrogens with zero attached hydrogens (tertiary/aromatic N) is 2. The number of rotatable bonds is 3. The molecule has 100 valence electrons. The molecule has 0 amide bonds.